The number of hydrogen-bond acceptors (Lipinski definition) is 2. The number of hydrogen-bond donors (Lipinski definition) is 1. The van der Waals surface area contributed by atoms with Crippen LogP contribution in [0.1, 0.15) is 39.5 Å². The van der Waals surface area contributed by atoms with Gasteiger partial charge in [-0.05, 0) is 30.5 Å². The molecule has 0 amide bonds. The summed E-state index contributed by atoms with van der Waals surface area (Å²) in [5, 5.41) is 0.767. The molecule has 0 aromatic heterocycles. The number of rotatable bonds is 7. The molecule has 0 bridgehead atoms. The van der Waals surface area contributed by atoms with E-state index in [0.717, 1.165) is 27.3 Å². The van der Waals surface area contributed by atoms with E-state index in [4.69, 9.17) is 17.3 Å². The van der Waals surface area contributed by atoms with Gasteiger partial charge in [0.1, 0.15) is 0 Å². The molecule has 0 radical (unpaired) electrons. The van der Waals surface area contributed by atoms with Gasteiger partial charge in [-0.2, -0.15) is 0 Å². The normalized spacial score (nSPS) is 12.6. The van der Waals surface area contributed by atoms with E-state index in [1.807, 2.05) is 30.0 Å². The van der Waals surface area contributed by atoms with Crippen LogP contribution in [0.3, 0.4) is 0 Å². The van der Waals surface area contributed by atoms with Crippen LogP contribution < -0.4 is 5.73 Å². The van der Waals surface area contributed by atoms with Gasteiger partial charge in [-0.1, -0.05) is 44.7 Å². The molecule has 0 aliphatic heterocycles. The summed E-state index contributed by atoms with van der Waals surface area (Å²) in [6.45, 7) is 4.51. The third-order valence-corrected chi connectivity index (χ3v) is 4.53. The zero-order valence-electron chi connectivity index (χ0n) is 10.7. The average Bonchev–Trinajstić information content (AvgIpc) is 2.33. The monoisotopic (exact) mass is 271 g/mol. The largest absolute Gasteiger partial charge is 0.398 e. The molecule has 17 heavy (non-hydrogen) atoms. The minimum atomic E-state index is 0.767. The van der Waals surface area contributed by atoms with Crippen LogP contribution in [0.25, 0.3) is 0 Å². The van der Waals surface area contributed by atoms with Crippen molar-refractivity contribution < 1.29 is 0 Å². The fourth-order valence-electron chi connectivity index (χ4n) is 1.74. The van der Waals surface area contributed by atoms with Crippen molar-refractivity contribution in [3.63, 3.8) is 0 Å². The summed E-state index contributed by atoms with van der Waals surface area (Å²) in [5.74, 6) is 1.93. The zero-order chi connectivity index (χ0) is 12.7. The van der Waals surface area contributed by atoms with Crippen LogP contribution in [-0.4, -0.2) is 5.75 Å². The molecule has 0 saturated carbocycles. The highest BCUT2D eigenvalue weighted by Crippen LogP contribution is 2.31. The third kappa shape index (κ3) is 5.22. The highest BCUT2D eigenvalue weighted by molar-refractivity contribution is 7.99. The fourth-order valence-corrected chi connectivity index (χ4v) is 3.24. The van der Waals surface area contributed by atoms with Crippen LogP contribution in [0.5, 0.6) is 0 Å². The molecule has 1 unspecified atom stereocenters. The third-order valence-electron chi connectivity index (χ3n) is 2.99. The zero-order valence-corrected chi connectivity index (χ0v) is 12.3. The van der Waals surface area contributed by atoms with Crippen molar-refractivity contribution in [1.29, 1.82) is 0 Å². The van der Waals surface area contributed by atoms with E-state index in [2.05, 4.69) is 13.8 Å². The van der Waals surface area contributed by atoms with Gasteiger partial charge in [0.15, 0.2) is 0 Å². The van der Waals surface area contributed by atoms with Crippen LogP contribution in [0.2, 0.25) is 5.02 Å². The van der Waals surface area contributed by atoms with E-state index in [0.29, 0.717) is 0 Å². The van der Waals surface area contributed by atoms with Crippen molar-refractivity contribution in [2.45, 2.75) is 44.4 Å². The summed E-state index contributed by atoms with van der Waals surface area (Å²) in [5.41, 5.74) is 6.78. The minimum absolute atomic E-state index is 0.767. The van der Waals surface area contributed by atoms with E-state index in [9.17, 15) is 0 Å². The van der Waals surface area contributed by atoms with Crippen molar-refractivity contribution in [3.05, 3.63) is 23.2 Å². The summed E-state index contributed by atoms with van der Waals surface area (Å²) in [7, 11) is 0. The highest BCUT2D eigenvalue weighted by atomic mass is 35.5. The summed E-state index contributed by atoms with van der Waals surface area (Å²) < 4.78 is 0. The topological polar surface area (TPSA) is 26.0 Å². The first-order valence-electron chi connectivity index (χ1n) is 6.35. The molecule has 3 heteroatoms. The van der Waals surface area contributed by atoms with Gasteiger partial charge < -0.3 is 5.73 Å². The second-order valence-electron chi connectivity index (χ2n) is 4.41. The van der Waals surface area contributed by atoms with Gasteiger partial charge in [-0.3, -0.25) is 0 Å². The summed E-state index contributed by atoms with van der Waals surface area (Å²) >= 11 is 7.82. The Hall–Kier alpha value is -0.340. The van der Waals surface area contributed by atoms with Crippen LogP contribution in [0, 0.1) is 5.92 Å². The van der Waals surface area contributed by atoms with Crippen LogP contribution in [0.15, 0.2) is 23.1 Å². The van der Waals surface area contributed by atoms with Gasteiger partial charge in [0.2, 0.25) is 0 Å². The molecule has 0 spiro atoms. The molecule has 2 N–H and O–H groups in total. The molecule has 0 aliphatic rings. The van der Waals surface area contributed by atoms with Crippen molar-refractivity contribution >= 4 is 29.1 Å². The maximum absolute atomic E-state index is 5.98. The molecule has 1 atom stereocenters. The first kappa shape index (κ1) is 14.7. The van der Waals surface area contributed by atoms with Gasteiger partial charge >= 0.3 is 0 Å². The Kier molecular flexibility index (Phi) is 6.83. The van der Waals surface area contributed by atoms with Gasteiger partial charge in [0.25, 0.3) is 0 Å². The second kappa shape index (κ2) is 7.88. The predicted molar refractivity (Wildman–Crippen MR) is 79.9 cm³/mol. The van der Waals surface area contributed by atoms with Gasteiger partial charge in [-0.25, -0.2) is 0 Å². The average molecular weight is 272 g/mol. The van der Waals surface area contributed by atoms with E-state index in [1.165, 1.54) is 25.7 Å². The molecule has 96 valence electrons. The lowest BCUT2D eigenvalue weighted by molar-refractivity contribution is 0.499. The Labute approximate surface area is 114 Å². The lowest BCUT2D eigenvalue weighted by Crippen LogP contribution is -2.02. The predicted octanol–water partition coefficient (Wildman–Crippen LogP) is 5.23. The van der Waals surface area contributed by atoms with Gasteiger partial charge in [0.05, 0.1) is 0 Å². The fraction of sp³-hybridized carbons (Fsp3) is 0.571. The Morgan fingerprint density at radius 2 is 2.12 bits per heavy atom. The number of thioether (sulfide) groups is 1. The number of anilines is 1. The van der Waals surface area contributed by atoms with E-state index in [-0.39, 0.29) is 0 Å². The van der Waals surface area contributed by atoms with Crippen LogP contribution >= 0.6 is 23.4 Å². The number of unbranched alkanes of at least 4 members (excludes halogenated alkanes) is 1. The first-order valence-corrected chi connectivity index (χ1v) is 7.71. The Bertz CT molecular complexity index is 341. The summed E-state index contributed by atoms with van der Waals surface area (Å²) in [6, 6.07) is 5.70. The van der Waals surface area contributed by atoms with Crippen LogP contribution in [-0.2, 0) is 0 Å². The molecule has 1 aromatic rings. The Balaban J connectivity index is 2.50. The number of benzene rings is 1. The van der Waals surface area contributed by atoms with E-state index in [1.54, 1.807) is 0 Å². The molecule has 0 heterocycles. The standard InChI is InChI=1S/C14H22ClNS/c1-3-5-6-11(4-2)10-17-14-9-12(15)7-8-13(14)16/h7-9,11H,3-6,10,16H2,1-2H3. The van der Waals surface area contributed by atoms with Gasteiger partial charge in [0, 0.05) is 21.4 Å². The number of nitrogens with two attached hydrogens (primary N) is 1. The quantitative estimate of drug-likeness (QED) is 0.543. The smallest absolute Gasteiger partial charge is 0.0453 e. The van der Waals surface area contributed by atoms with Crippen molar-refractivity contribution in [2.75, 3.05) is 11.5 Å². The molecule has 1 aromatic carbocycles. The van der Waals surface area contributed by atoms with Crippen molar-refractivity contribution in [2.24, 2.45) is 5.92 Å². The van der Waals surface area contributed by atoms with E-state index < -0.39 is 0 Å². The second-order valence-corrected chi connectivity index (χ2v) is 5.91. The Morgan fingerprint density at radius 3 is 2.76 bits per heavy atom. The van der Waals surface area contributed by atoms with E-state index >= 15 is 0 Å². The SMILES string of the molecule is CCCCC(CC)CSc1cc(Cl)ccc1N. The number of halogens is 1. The lowest BCUT2D eigenvalue weighted by Gasteiger charge is -2.14. The lowest BCUT2D eigenvalue weighted by atomic mass is 10.0. The molecule has 0 aliphatic carbocycles. The summed E-state index contributed by atoms with van der Waals surface area (Å²) in [4.78, 5) is 1.12. The first-order chi connectivity index (χ1) is 8.17. The maximum atomic E-state index is 5.98. The maximum Gasteiger partial charge on any atom is 0.0453 e. The van der Waals surface area contributed by atoms with Gasteiger partial charge in [-0.15, -0.1) is 11.8 Å². The van der Waals surface area contributed by atoms with Crippen molar-refractivity contribution in [1.82, 2.24) is 0 Å². The minimum Gasteiger partial charge on any atom is -0.398 e. The molecule has 1 nitrogen and oxygen atoms in total. The van der Waals surface area contributed by atoms with Crippen LogP contribution in [0.4, 0.5) is 5.69 Å². The molecule has 0 fully saturated rings. The number of nitrogen functional groups attached to an aromatic ring is 1. The molecule has 1 rings (SSSR count). The molecular formula is C14H22ClNS. The molecule has 0 saturated heterocycles. The van der Waals surface area contributed by atoms with Crippen molar-refractivity contribution in [3.8, 4) is 0 Å². The molecular weight excluding hydrogens is 250 g/mol. The Morgan fingerprint density at radius 1 is 1.35 bits per heavy atom. The summed E-state index contributed by atoms with van der Waals surface area (Å²) in [6.07, 6.45) is 5.17. The highest BCUT2D eigenvalue weighted by Gasteiger charge is 2.08.